The molecule has 3 rings (SSSR count). The minimum atomic E-state index is 0.104. The molecule has 0 aliphatic carbocycles. The van der Waals surface area contributed by atoms with E-state index in [2.05, 4.69) is 10.3 Å². The highest BCUT2D eigenvalue weighted by Crippen LogP contribution is 2.17. The maximum atomic E-state index is 12.5. The van der Waals surface area contributed by atoms with Crippen molar-refractivity contribution in [3.05, 3.63) is 36.0 Å². The second-order valence-corrected chi connectivity index (χ2v) is 5.68. The third kappa shape index (κ3) is 2.70. The van der Waals surface area contributed by atoms with Crippen LogP contribution >= 0.6 is 0 Å². The molecule has 1 saturated heterocycles. The Morgan fingerprint density at radius 1 is 1.40 bits per heavy atom. The van der Waals surface area contributed by atoms with Gasteiger partial charge in [-0.15, -0.1) is 0 Å². The second-order valence-electron chi connectivity index (χ2n) is 5.68. The van der Waals surface area contributed by atoms with E-state index in [1.807, 2.05) is 42.4 Å². The van der Waals surface area contributed by atoms with Crippen molar-refractivity contribution in [3.63, 3.8) is 0 Å². The molecule has 1 atom stereocenters. The van der Waals surface area contributed by atoms with Crippen LogP contribution in [0.25, 0.3) is 10.9 Å². The molecule has 1 fully saturated rings. The number of carbonyl (C=O) groups excluding carboxylic acids is 1. The molecule has 20 heavy (non-hydrogen) atoms. The molecule has 1 amide bonds. The zero-order valence-corrected chi connectivity index (χ0v) is 11.9. The summed E-state index contributed by atoms with van der Waals surface area (Å²) >= 11 is 0. The molecular formula is C16H21N3O. The number of H-pyrrole nitrogens is 1. The lowest BCUT2D eigenvalue weighted by atomic mass is 9.99. The van der Waals surface area contributed by atoms with E-state index in [0.717, 1.165) is 36.1 Å². The number of piperidine rings is 1. The van der Waals surface area contributed by atoms with Crippen LogP contribution < -0.4 is 5.32 Å². The van der Waals surface area contributed by atoms with Crippen LogP contribution in [-0.4, -0.2) is 42.5 Å². The fourth-order valence-electron chi connectivity index (χ4n) is 2.95. The van der Waals surface area contributed by atoms with E-state index >= 15 is 0 Å². The molecule has 1 aromatic carbocycles. The number of nitrogens with zero attached hydrogens (tertiary/aromatic N) is 1. The van der Waals surface area contributed by atoms with Crippen LogP contribution in [0.2, 0.25) is 0 Å². The summed E-state index contributed by atoms with van der Waals surface area (Å²) in [6, 6.07) is 7.86. The Balaban J connectivity index is 1.70. The van der Waals surface area contributed by atoms with Crippen molar-refractivity contribution in [1.82, 2.24) is 15.2 Å². The van der Waals surface area contributed by atoms with E-state index in [4.69, 9.17) is 0 Å². The van der Waals surface area contributed by atoms with Gasteiger partial charge in [0.15, 0.2) is 0 Å². The van der Waals surface area contributed by atoms with Crippen LogP contribution in [0.15, 0.2) is 30.5 Å². The van der Waals surface area contributed by atoms with Gasteiger partial charge in [-0.3, -0.25) is 4.79 Å². The van der Waals surface area contributed by atoms with Crippen molar-refractivity contribution in [3.8, 4) is 0 Å². The quantitative estimate of drug-likeness (QED) is 0.899. The van der Waals surface area contributed by atoms with Crippen LogP contribution in [0.4, 0.5) is 0 Å². The summed E-state index contributed by atoms with van der Waals surface area (Å²) in [7, 11) is 1.90. The molecule has 1 unspecified atom stereocenters. The first kappa shape index (κ1) is 13.2. The van der Waals surface area contributed by atoms with E-state index in [1.165, 1.54) is 12.8 Å². The SMILES string of the molecule is CN(CC1CCCNC1)C(=O)c1ccc2cc[nH]c2c1. The van der Waals surface area contributed by atoms with Crippen molar-refractivity contribution in [2.24, 2.45) is 5.92 Å². The van der Waals surface area contributed by atoms with Gasteiger partial charge in [0.1, 0.15) is 0 Å². The number of hydrogen-bond donors (Lipinski definition) is 2. The lowest BCUT2D eigenvalue weighted by Crippen LogP contribution is -2.39. The van der Waals surface area contributed by atoms with Crippen molar-refractivity contribution in [1.29, 1.82) is 0 Å². The zero-order chi connectivity index (χ0) is 13.9. The summed E-state index contributed by atoms with van der Waals surface area (Å²) in [6.07, 6.45) is 4.32. The van der Waals surface area contributed by atoms with Crippen molar-refractivity contribution < 1.29 is 4.79 Å². The van der Waals surface area contributed by atoms with Crippen LogP contribution in [0.3, 0.4) is 0 Å². The Hall–Kier alpha value is -1.81. The highest BCUT2D eigenvalue weighted by molar-refractivity contribution is 5.97. The van der Waals surface area contributed by atoms with Crippen LogP contribution in [0.5, 0.6) is 0 Å². The molecule has 4 nitrogen and oxygen atoms in total. The Morgan fingerprint density at radius 3 is 3.10 bits per heavy atom. The Labute approximate surface area is 119 Å². The van der Waals surface area contributed by atoms with Gasteiger partial charge in [0.25, 0.3) is 5.91 Å². The molecular weight excluding hydrogens is 250 g/mol. The third-order valence-corrected chi connectivity index (χ3v) is 4.08. The lowest BCUT2D eigenvalue weighted by molar-refractivity contribution is 0.0765. The molecule has 0 radical (unpaired) electrons. The van der Waals surface area contributed by atoms with Crippen molar-refractivity contribution >= 4 is 16.8 Å². The summed E-state index contributed by atoms with van der Waals surface area (Å²) in [5.41, 5.74) is 1.77. The van der Waals surface area contributed by atoms with Gasteiger partial charge in [-0.1, -0.05) is 6.07 Å². The fourth-order valence-corrected chi connectivity index (χ4v) is 2.95. The smallest absolute Gasteiger partial charge is 0.253 e. The molecule has 0 bridgehead atoms. The van der Waals surface area contributed by atoms with Gasteiger partial charge in [0.2, 0.25) is 0 Å². The summed E-state index contributed by atoms with van der Waals surface area (Å²) in [4.78, 5) is 17.5. The largest absolute Gasteiger partial charge is 0.361 e. The fraction of sp³-hybridized carbons (Fsp3) is 0.438. The molecule has 1 aliphatic heterocycles. The molecule has 2 heterocycles. The topological polar surface area (TPSA) is 48.1 Å². The van der Waals surface area contributed by atoms with E-state index in [9.17, 15) is 4.79 Å². The molecule has 1 aromatic heterocycles. The number of amides is 1. The molecule has 4 heteroatoms. The van der Waals surface area contributed by atoms with E-state index in [0.29, 0.717) is 5.92 Å². The number of carbonyl (C=O) groups is 1. The number of nitrogens with one attached hydrogen (secondary N) is 2. The number of fused-ring (bicyclic) bond motifs is 1. The van der Waals surface area contributed by atoms with Gasteiger partial charge in [0, 0.05) is 30.9 Å². The van der Waals surface area contributed by atoms with Gasteiger partial charge >= 0.3 is 0 Å². The Kier molecular flexibility index (Phi) is 3.74. The molecule has 1 aliphatic rings. The number of benzene rings is 1. The lowest BCUT2D eigenvalue weighted by Gasteiger charge is -2.27. The number of rotatable bonds is 3. The van der Waals surface area contributed by atoms with E-state index in [1.54, 1.807) is 0 Å². The van der Waals surface area contributed by atoms with Gasteiger partial charge in [-0.05, 0) is 55.4 Å². The second kappa shape index (κ2) is 5.67. The number of hydrogen-bond acceptors (Lipinski definition) is 2. The zero-order valence-electron chi connectivity index (χ0n) is 11.9. The molecule has 0 spiro atoms. The summed E-state index contributed by atoms with van der Waals surface area (Å²) in [5, 5.41) is 4.54. The molecule has 0 saturated carbocycles. The average Bonchev–Trinajstić information content (AvgIpc) is 2.94. The third-order valence-electron chi connectivity index (χ3n) is 4.08. The maximum absolute atomic E-state index is 12.5. The van der Waals surface area contributed by atoms with Crippen molar-refractivity contribution in [2.45, 2.75) is 12.8 Å². The summed E-state index contributed by atoms with van der Waals surface area (Å²) in [6.45, 7) is 2.96. The number of aromatic nitrogens is 1. The van der Waals surface area contributed by atoms with Crippen LogP contribution in [0.1, 0.15) is 23.2 Å². The highest BCUT2D eigenvalue weighted by atomic mass is 16.2. The molecule has 2 N–H and O–H groups in total. The van der Waals surface area contributed by atoms with Gasteiger partial charge < -0.3 is 15.2 Å². The van der Waals surface area contributed by atoms with Gasteiger partial charge in [0.05, 0.1) is 0 Å². The Bertz CT molecular complexity index is 599. The van der Waals surface area contributed by atoms with Crippen molar-refractivity contribution in [2.75, 3.05) is 26.7 Å². The van der Waals surface area contributed by atoms with E-state index < -0.39 is 0 Å². The monoisotopic (exact) mass is 271 g/mol. The number of aromatic amines is 1. The van der Waals surface area contributed by atoms with Crippen LogP contribution in [-0.2, 0) is 0 Å². The van der Waals surface area contributed by atoms with Gasteiger partial charge in [-0.25, -0.2) is 0 Å². The standard InChI is InChI=1S/C16H21N3O/c1-19(11-12-3-2-7-17-10-12)16(20)14-5-4-13-6-8-18-15(13)9-14/h4-6,8-9,12,17-18H,2-3,7,10-11H2,1H3. The molecule has 2 aromatic rings. The minimum absolute atomic E-state index is 0.104. The minimum Gasteiger partial charge on any atom is -0.361 e. The Morgan fingerprint density at radius 2 is 2.30 bits per heavy atom. The van der Waals surface area contributed by atoms with Crippen LogP contribution in [0, 0.1) is 5.92 Å². The predicted molar refractivity (Wildman–Crippen MR) is 80.9 cm³/mol. The first-order valence-corrected chi connectivity index (χ1v) is 7.27. The first-order chi connectivity index (χ1) is 9.74. The summed E-state index contributed by atoms with van der Waals surface area (Å²) in [5.74, 6) is 0.680. The normalized spacial score (nSPS) is 19.1. The predicted octanol–water partition coefficient (Wildman–Crippen LogP) is 2.24. The first-order valence-electron chi connectivity index (χ1n) is 7.27. The van der Waals surface area contributed by atoms with E-state index in [-0.39, 0.29) is 5.91 Å². The summed E-state index contributed by atoms with van der Waals surface area (Å²) < 4.78 is 0. The average molecular weight is 271 g/mol. The van der Waals surface area contributed by atoms with Gasteiger partial charge in [-0.2, -0.15) is 0 Å². The maximum Gasteiger partial charge on any atom is 0.253 e. The molecule has 106 valence electrons. The highest BCUT2D eigenvalue weighted by Gasteiger charge is 2.19.